The molecule has 7 nitrogen and oxygen atoms in total. The number of amides is 2. The molecule has 0 aromatic rings. The molecule has 2 unspecified atom stereocenters. The number of carbonyl (C=O) groups is 2. The largest absolute Gasteiger partial charge is 0.379 e. The Balaban J connectivity index is 1.34. The van der Waals surface area contributed by atoms with E-state index >= 15 is 0 Å². The minimum absolute atomic E-state index is 0.0708. The highest BCUT2D eigenvalue weighted by Crippen LogP contribution is 2.59. The van der Waals surface area contributed by atoms with Crippen molar-refractivity contribution in [3.8, 4) is 0 Å². The molecule has 2 atom stereocenters. The average molecular weight is 395 g/mol. The zero-order valence-electron chi connectivity index (χ0n) is 16.8. The minimum Gasteiger partial charge on any atom is -0.379 e. The van der Waals surface area contributed by atoms with Crippen LogP contribution in [0.4, 0.5) is 4.39 Å². The predicted octanol–water partition coefficient (Wildman–Crippen LogP) is 1.95. The molecule has 2 bridgehead atoms. The lowest BCUT2D eigenvalue weighted by atomic mass is 9.82. The highest BCUT2D eigenvalue weighted by molar-refractivity contribution is 5.94. The molecule has 3 fully saturated rings. The van der Waals surface area contributed by atoms with Crippen molar-refractivity contribution in [3.63, 3.8) is 0 Å². The van der Waals surface area contributed by atoms with Crippen molar-refractivity contribution >= 4 is 17.5 Å². The summed E-state index contributed by atoms with van der Waals surface area (Å²) in [6.45, 7) is 5.44. The SMILES string of the molecule is CC1=NOC(C)(C(=O)NCC2CN(C(=O)C34CCC(F)(CC3)C4)CCCO2)C1. The predicted molar refractivity (Wildman–Crippen MR) is 101 cm³/mol. The number of hydrogen-bond acceptors (Lipinski definition) is 5. The molecule has 4 aliphatic rings. The Morgan fingerprint density at radius 3 is 2.68 bits per heavy atom. The molecule has 0 spiro atoms. The van der Waals surface area contributed by atoms with E-state index in [0.29, 0.717) is 64.8 Å². The summed E-state index contributed by atoms with van der Waals surface area (Å²) >= 11 is 0. The Bertz CT molecular complexity index is 689. The smallest absolute Gasteiger partial charge is 0.267 e. The number of alkyl halides is 1. The molecule has 0 aromatic carbocycles. The lowest BCUT2D eigenvalue weighted by Crippen LogP contribution is -2.50. The zero-order valence-corrected chi connectivity index (χ0v) is 16.8. The van der Waals surface area contributed by atoms with Crippen LogP contribution in [-0.2, 0) is 19.2 Å². The normalized spacial score (nSPS) is 40.0. The fourth-order valence-corrected chi connectivity index (χ4v) is 5.21. The van der Waals surface area contributed by atoms with Crippen LogP contribution in [0.1, 0.15) is 58.8 Å². The highest BCUT2D eigenvalue weighted by Gasteiger charge is 2.59. The number of hydrogen-bond donors (Lipinski definition) is 1. The Hall–Kier alpha value is -1.70. The third-order valence-electron chi connectivity index (χ3n) is 6.82. The van der Waals surface area contributed by atoms with Crippen molar-refractivity contribution < 1.29 is 23.6 Å². The summed E-state index contributed by atoms with van der Waals surface area (Å²) in [5.74, 6) is -0.160. The van der Waals surface area contributed by atoms with Crippen molar-refractivity contribution in [2.45, 2.75) is 76.2 Å². The summed E-state index contributed by atoms with van der Waals surface area (Å²) in [7, 11) is 0. The average Bonchev–Trinajstić information content (AvgIpc) is 3.24. The van der Waals surface area contributed by atoms with Gasteiger partial charge >= 0.3 is 0 Å². The van der Waals surface area contributed by atoms with E-state index in [1.165, 1.54) is 0 Å². The van der Waals surface area contributed by atoms with Gasteiger partial charge in [0.15, 0.2) is 0 Å². The van der Waals surface area contributed by atoms with Gasteiger partial charge in [0.25, 0.3) is 5.91 Å². The van der Waals surface area contributed by atoms with E-state index in [1.54, 1.807) is 6.92 Å². The van der Waals surface area contributed by atoms with Gasteiger partial charge in [-0.3, -0.25) is 9.59 Å². The van der Waals surface area contributed by atoms with Crippen LogP contribution in [0.2, 0.25) is 0 Å². The first-order valence-electron chi connectivity index (χ1n) is 10.3. The van der Waals surface area contributed by atoms with Crippen LogP contribution in [-0.4, -0.2) is 66.0 Å². The summed E-state index contributed by atoms with van der Waals surface area (Å²) in [5, 5.41) is 6.76. The monoisotopic (exact) mass is 395 g/mol. The van der Waals surface area contributed by atoms with Gasteiger partial charge in [-0.1, -0.05) is 5.16 Å². The fourth-order valence-electron chi connectivity index (χ4n) is 5.21. The minimum atomic E-state index is -1.14. The van der Waals surface area contributed by atoms with Gasteiger partial charge in [-0.25, -0.2) is 4.39 Å². The molecule has 1 N–H and O–H groups in total. The van der Waals surface area contributed by atoms with Gasteiger partial charge in [0.2, 0.25) is 11.5 Å². The topological polar surface area (TPSA) is 80.2 Å². The van der Waals surface area contributed by atoms with Crippen molar-refractivity contribution in [2.75, 3.05) is 26.2 Å². The maximum absolute atomic E-state index is 14.6. The lowest BCUT2D eigenvalue weighted by Gasteiger charge is -2.33. The third-order valence-corrected chi connectivity index (χ3v) is 6.82. The highest BCUT2D eigenvalue weighted by atomic mass is 19.1. The quantitative estimate of drug-likeness (QED) is 0.789. The second kappa shape index (κ2) is 6.97. The second-order valence-corrected chi connectivity index (χ2v) is 9.24. The van der Waals surface area contributed by atoms with E-state index in [2.05, 4.69) is 10.5 Å². The molecule has 28 heavy (non-hydrogen) atoms. The van der Waals surface area contributed by atoms with E-state index in [-0.39, 0.29) is 17.9 Å². The number of nitrogens with zero attached hydrogens (tertiary/aromatic N) is 2. The van der Waals surface area contributed by atoms with Crippen molar-refractivity contribution in [3.05, 3.63) is 0 Å². The lowest BCUT2D eigenvalue weighted by molar-refractivity contribution is -0.143. The summed E-state index contributed by atoms with van der Waals surface area (Å²) in [5.41, 5.74) is -1.85. The zero-order chi connectivity index (χ0) is 20.0. The number of fused-ring (bicyclic) bond motifs is 2. The third kappa shape index (κ3) is 3.51. The molecule has 4 rings (SSSR count). The first-order chi connectivity index (χ1) is 13.2. The molecule has 2 saturated carbocycles. The molecule has 2 heterocycles. The van der Waals surface area contributed by atoms with Crippen molar-refractivity contribution in [1.29, 1.82) is 0 Å². The first-order valence-corrected chi connectivity index (χ1v) is 10.3. The van der Waals surface area contributed by atoms with Crippen molar-refractivity contribution in [2.24, 2.45) is 10.6 Å². The van der Waals surface area contributed by atoms with Gasteiger partial charge in [0.1, 0.15) is 5.67 Å². The maximum atomic E-state index is 14.6. The number of nitrogens with one attached hydrogen (secondary N) is 1. The molecular weight excluding hydrogens is 365 g/mol. The van der Waals surface area contributed by atoms with Gasteiger partial charge in [-0.05, 0) is 52.4 Å². The second-order valence-electron chi connectivity index (χ2n) is 9.24. The first kappa shape index (κ1) is 19.6. The van der Waals surface area contributed by atoms with E-state index < -0.39 is 16.7 Å². The molecule has 8 heteroatoms. The molecule has 0 radical (unpaired) electrons. The van der Waals surface area contributed by atoms with Crippen LogP contribution < -0.4 is 5.32 Å². The molecule has 0 aromatic heterocycles. The Kier molecular flexibility index (Phi) is 4.88. The molecule has 1 saturated heterocycles. The number of ether oxygens (including phenoxy) is 1. The molecular formula is C20H30FN3O4. The summed E-state index contributed by atoms with van der Waals surface area (Å²) in [6, 6.07) is 0. The van der Waals surface area contributed by atoms with Crippen LogP contribution in [0, 0.1) is 5.41 Å². The number of halogens is 1. The fraction of sp³-hybridized carbons (Fsp3) is 0.850. The molecule has 2 aliphatic heterocycles. The van der Waals surface area contributed by atoms with Gasteiger partial charge < -0.3 is 19.8 Å². The number of rotatable bonds is 4. The van der Waals surface area contributed by atoms with Gasteiger partial charge in [0, 0.05) is 32.7 Å². The standard InChI is InChI=1S/C20H30FN3O4/c1-14-10-18(2,28-23-14)16(25)22-11-15-12-24(8-3-9-27-15)17(26)19-4-6-20(21,13-19)7-5-19/h15H,3-13H2,1-2H3,(H,22,25). The summed E-state index contributed by atoms with van der Waals surface area (Å²) in [6.07, 6.45) is 3.60. The van der Waals surface area contributed by atoms with Crippen LogP contribution in [0.5, 0.6) is 0 Å². The molecule has 2 aliphatic carbocycles. The Labute approximate surface area is 165 Å². The van der Waals surface area contributed by atoms with E-state index in [0.717, 1.165) is 12.1 Å². The number of oxime groups is 1. The van der Waals surface area contributed by atoms with Crippen LogP contribution in [0.3, 0.4) is 0 Å². The van der Waals surface area contributed by atoms with Crippen molar-refractivity contribution in [1.82, 2.24) is 10.2 Å². The van der Waals surface area contributed by atoms with E-state index in [4.69, 9.17) is 9.57 Å². The molecule has 156 valence electrons. The summed E-state index contributed by atoms with van der Waals surface area (Å²) < 4.78 is 20.4. The van der Waals surface area contributed by atoms with Crippen LogP contribution in [0.15, 0.2) is 5.16 Å². The van der Waals surface area contributed by atoms with Gasteiger partial charge in [-0.15, -0.1) is 0 Å². The number of carbonyl (C=O) groups excluding carboxylic acids is 2. The van der Waals surface area contributed by atoms with Crippen LogP contribution >= 0.6 is 0 Å². The van der Waals surface area contributed by atoms with Crippen LogP contribution in [0.25, 0.3) is 0 Å². The Morgan fingerprint density at radius 1 is 1.32 bits per heavy atom. The summed E-state index contributed by atoms with van der Waals surface area (Å²) in [4.78, 5) is 32.9. The van der Waals surface area contributed by atoms with Gasteiger partial charge in [-0.2, -0.15) is 0 Å². The molecule has 2 amide bonds. The Morgan fingerprint density at radius 2 is 2.07 bits per heavy atom. The van der Waals surface area contributed by atoms with E-state index in [1.807, 2.05) is 11.8 Å². The van der Waals surface area contributed by atoms with Gasteiger partial charge in [0.05, 0.1) is 17.2 Å². The van der Waals surface area contributed by atoms with E-state index in [9.17, 15) is 14.0 Å². The maximum Gasteiger partial charge on any atom is 0.267 e.